The van der Waals surface area contributed by atoms with E-state index in [4.69, 9.17) is 0 Å². The van der Waals surface area contributed by atoms with E-state index in [9.17, 15) is 19.8 Å². The van der Waals surface area contributed by atoms with Gasteiger partial charge in [0.25, 0.3) is 0 Å². The van der Waals surface area contributed by atoms with Crippen molar-refractivity contribution in [2.45, 2.75) is 71.1 Å². The molecular weight excluding hydrogens is 378 g/mol. The van der Waals surface area contributed by atoms with Gasteiger partial charge in [0.2, 0.25) is 5.91 Å². The van der Waals surface area contributed by atoms with E-state index in [1.807, 2.05) is 6.07 Å². The zero-order chi connectivity index (χ0) is 21.6. The Kier molecular flexibility index (Phi) is 5.58. The summed E-state index contributed by atoms with van der Waals surface area (Å²) in [6.07, 6.45) is 4.78. The monoisotopic (exact) mass is 413 g/mol. The highest BCUT2D eigenvalue weighted by atomic mass is 16.4. The van der Waals surface area contributed by atoms with E-state index in [0.717, 1.165) is 12.0 Å². The van der Waals surface area contributed by atoms with Gasteiger partial charge in [-0.05, 0) is 73.3 Å². The van der Waals surface area contributed by atoms with Crippen molar-refractivity contribution in [1.82, 2.24) is 5.32 Å². The molecule has 2 fully saturated rings. The summed E-state index contributed by atoms with van der Waals surface area (Å²) in [6.45, 7) is 7.56. The Morgan fingerprint density at radius 3 is 2.33 bits per heavy atom. The van der Waals surface area contributed by atoms with Crippen LogP contribution < -0.4 is 5.32 Å². The second kappa shape index (κ2) is 7.90. The van der Waals surface area contributed by atoms with Crippen molar-refractivity contribution < 1.29 is 19.8 Å². The van der Waals surface area contributed by atoms with Crippen molar-refractivity contribution in [3.8, 4) is 5.75 Å². The summed E-state index contributed by atoms with van der Waals surface area (Å²) < 4.78 is 0. The molecular formula is C25H35NO4. The zero-order valence-electron chi connectivity index (χ0n) is 18.4. The average Bonchev–Trinajstić information content (AvgIpc) is 2.72. The third-order valence-electron chi connectivity index (χ3n) is 8.84. The van der Waals surface area contributed by atoms with Gasteiger partial charge in [-0.2, -0.15) is 0 Å². The predicted molar refractivity (Wildman–Crippen MR) is 115 cm³/mol. The number of aromatic hydroxyl groups is 1. The lowest BCUT2D eigenvalue weighted by molar-refractivity contribution is -0.144. The van der Waals surface area contributed by atoms with Gasteiger partial charge in [-0.15, -0.1) is 0 Å². The molecule has 0 heterocycles. The molecule has 0 spiro atoms. The van der Waals surface area contributed by atoms with Crippen LogP contribution in [0.3, 0.4) is 0 Å². The predicted octanol–water partition coefficient (Wildman–Crippen LogP) is 4.65. The molecule has 1 aromatic carbocycles. The summed E-state index contributed by atoms with van der Waals surface area (Å²) in [5, 5.41) is 23.1. The van der Waals surface area contributed by atoms with Crippen molar-refractivity contribution in [1.29, 1.82) is 0 Å². The number of phenolic OH excluding ortho intramolecular Hbond substituents is 1. The average molecular weight is 414 g/mol. The number of aliphatic carboxylic acids is 1. The van der Waals surface area contributed by atoms with E-state index >= 15 is 0 Å². The smallest absolute Gasteiger partial charge is 0.306 e. The van der Waals surface area contributed by atoms with E-state index in [0.29, 0.717) is 55.7 Å². The molecule has 164 valence electrons. The van der Waals surface area contributed by atoms with E-state index in [1.165, 1.54) is 12.0 Å². The summed E-state index contributed by atoms with van der Waals surface area (Å²) >= 11 is 0. The molecule has 3 N–H and O–H groups in total. The Balaban J connectivity index is 1.52. The number of rotatable bonds is 4. The van der Waals surface area contributed by atoms with Crippen LogP contribution in [0.2, 0.25) is 0 Å². The molecule has 30 heavy (non-hydrogen) atoms. The first-order valence-corrected chi connectivity index (χ1v) is 11.5. The maximum Gasteiger partial charge on any atom is 0.306 e. The van der Waals surface area contributed by atoms with Crippen LogP contribution in [0, 0.1) is 29.1 Å². The van der Waals surface area contributed by atoms with E-state index < -0.39 is 5.97 Å². The third-order valence-corrected chi connectivity index (χ3v) is 8.84. The second-order valence-electron chi connectivity index (χ2n) is 10.4. The number of carboxylic acid groups (broad SMARTS) is 1. The van der Waals surface area contributed by atoms with Crippen LogP contribution >= 0.6 is 0 Å². The molecule has 0 saturated heterocycles. The van der Waals surface area contributed by atoms with Gasteiger partial charge in [0.15, 0.2) is 0 Å². The number of phenols is 1. The SMILES string of the molecule is C[C@H]1C(CNC(=O)C2CCC(C(=O)O)CC2)c2cccc(O)c2C2CC[C@H]2C1(C)C. The minimum absolute atomic E-state index is 0.0535. The summed E-state index contributed by atoms with van der Waals surface area (Å²) in [5.41, 5.74) is 2.42. The molecule has 4 atom stereocenters. The standard InChI is InChI=1S/C25H35NO4/c1-14-19(13-26-23(28)15-7-9-16(10-8-15)24(29)30)17-5-4-6-21(27)22(17)18-11-12-20(18)25(14,2)3/h4-6,14-16,18-20,27H,7-13H2,1-3H3,(H,26,28)(H,29,30)/t14-,15?,16?,18?,19?,20+/m0/s1. The Morgan fingerprint density at radius 2 is 1.73 bits per heavy atom. The van der Waals surface area contributed by atoms with Crippen LogP contribution in [0.4, 0.5) is 0 Å². The highest BCUT2D eigenvalue weighted by Crippen LogP contribution is 2.61. The molecule has 0 bridgehead atoms. The van der Waals surface area contributed by atoms with E-state index in [1.54, 1.807) is 6.07 Å². The topological polar surface area (TPSA) is 86.6 Å². The number of carboxylic acids is 1. The maximum atomic E-state index is 12.9. The summed E-state index contributed by atoms with van der Waals surface area (Å²) in [7, 11) is 0. The zero-order valence-corrected chi connectivity index (χ0v) is 18.4. The van der Waals surface area contributed by atoms with Crippen LogP contribution in [0.1, 0.15) is 82.3 Å². The number of nitrogens with one attached hydrogen (secondary N) is 1. The molecule has 2 unspecified atom stereocenters. The number of benzene rings is 1. The summed E-state index contributed by atoms with van der Waals surface area (Å²) in [5.74, 6) is 0.819. The Bertz CT molecular complexity index is 824. The van der Waals surface area contributed by atoms with Gasteiger partial charge < -0.3 is 15.5 Å². The fourth-order valence-electron chi connectivity index (χ4n) is 6.40. The van der Waals surface area contributed by atoms with Crippen molar-refractivity contribution in [2.75, 3.05) is 6.54 Å². The number of fused-ring (bicyclic) bond motifs is 3. The van der Waals surface area contributed by atoms with E-state index in [2.05, 4.69) is 32.2 Å². The highest BCUT2D eigenvalue weighted by Gasteiger charge is 2.51. The van der Waals surface area contributed by atoms with Gasteiger partial charge in [-0.3, -0.25) is 9.59 Å². The fourth-order valence-corrected chi connectivity index (χ4v) is 6.40. The van der Waals surface area contributed by atoms with Gasteiger partial charge in [0.1, 0.15) is 5.75 Å². The van der Waals surface area contributed by atoms with Gasteiger partial charge in [-0.1, -0.05) is 32.9 Å². The minimum atomic E-state index is -0.741. The molecule has 1 aromatic rings. The number of carbonyl (C=O) groups excluding carboxylic acids is 1. The lowest BCUT2D eigenvalue weighted by Gasteiger charge is -2.49. The number of amides is 1. The third kappa shape index (κ3) is 3.50. The molecule has 5 heteroatoms. The second-order valence-corrected chi connectivity index (χ2v) is 10.4. The highest BCUT2D eigenvalue weighted by molar-refractivity contribution is 5.79. The molecule has 1 amide bonds. The van der Waals surface area contributed by atoms with Gasteiger partial charge in [0, 0.05) is 23.9 Å². The van der Waals surface area contributed by atoms with Crippen LogP contribution in [-0.2, 0) is 9.59 Å². The molecule has 3 aliphatic carbocycles. The largest absolute Gasteiger partial charge is 0.508 e. The molecule has 0 aliphatic heterocycles. The van der Waals surface area contributed by atoms with Crippen molar-refractivity contribution >= 4 is 11.9 Å². The normalized spacial score (nSPS) is 34.6. The Hall–Kier alpha value is -2.04. The first-order chi connectivity index (χ1) is 14.2. The maximum absolute atomic E-state index is 12.9. The summed E-state index contributed by atoms with van der Waals surface area (Å²) in [4.78, 5) is 24.1. The number of carbonyl (C=O) groups is 2. The van der Waals surface area contributed by atoms with Gasteiger partial charge in [0.05, 0.1) is 5.92 Å². The van der Waals surface area contributed by atoms with Crippen LogP contribution in [0.15, 0.2) is 18.2 Å². The van der Waals surface area contributed by atoms with Gasteiger partial charge >= 0.3 is 5.97 Å². The molecule has 0 radical (unpaired) electrons. The quantitative estimate of drug-likeness (QED) is 0.670. The lowest BCUT2D eigenvalue weighted by Crippen LogP contribution is -2.42. The van der Waals surface area contributed by atoms with E-state index in [-0.39, 0.29) is 29.1 Å². The lowest BCUT2D eigenvalue weighted by atomic mass is 9.56. The first kappa shape index (κ1) is 21.2. The molecule has 4 rings (SSSR count). The molecule has 5 nitrogen and oxygen atoms in total. The van der Waals surface area contributed by atoms with Crippen LogP contribution in [-0.4, -0.2) is 28.6 Å². The molecule has 0 aromatic heterocycles. The van der Waals surface area contributed by atoms with Crippen LogP contribution in [0.25, 0.3) is 0 Å². The first-order valence-electron chi connectivity index (χ1n) is 11.5. The minimum Gasteiger partial charge on any atom is -0.508 e. The van der Waals surface area contributed by atoms with Crippen molar-refractivity contribution in [3.05, 3.63) is 29.3 Å². The van der Waals surface area contributed by atoms with Crippen LogP contribution in [0.5, 0.6) is 5.75 Å². The van der Waals surface area contributed by atoms with Crippen molar-refractivity contribution in [2.24, 2.45) is 29.1 Å². The molecule has 3 aliphatic rings. The summed E-state index contributed by atoms with van der Waals surface area (Å²) in [6, 6.07) is 5.86. The molecule has 2 saturated carbocycles. The number of hydrogen-bond acceptors (Lipinski definition) is 3. The Labute approximate surface area is 179 Å². The Morgan fingerprint density at radius 1 is 1.07 bits per heavy atom. The van der Waals surface area contributed by atoms with Gasteiger partial charge in [-0.25, -0.2) is 0 Å². The number of hydrogen-bond donors (Lipinski definition) is 3. The van der Waals surface area contributed by atoms with Crippen molar-refractivity contribution in [3.63, 3.8) is 0 Å². The fraction of sp³-hybridized carbons (Fsp3) is 0.680.